The zero-order chi connectivity index (χ0) is 13.4. The van der Waals surface area contributed by atoms with Gasteiger partial charge >= 0.3 is 0 Å². The van der Waals surface area contributed by atoms with Crippen LogP contribution >= 0.6 is 0 Å². The summed E-state index contributed by atoms with van der Waals surface area (Å²) in [7, 11) is 0. The van der Waals surface area contributed by atoms with Gasteiger partial charge in [-0.25, -0.2) is 0 Å². The molecule has 0 N–H and O–H groups in total. The van der Waals surface area contributed by atoms with Crippen LogP contribution in [0.4, 0.5) is 0 Å². The van der Waals surface area contributed by atoms with Crippen LogP contribution in [0.15, 0.2) is 0 Å². The first-order valence-corrected chi connectivity index (χ1v) is 8.63. The molecule has 0 aromatic rings. The van der Waals surface area contributed by atoms with Gasteiger partial charge in [-0.2, -0.15) is 0 Å². The molecule has 2 unspecified atom stereocenters. The Labute approximate surface area is 119 Å². The molecule has 0 amide bonds. The number of hydrogen-bond acceptors (Lipinski definition) is 2. The molecule has 3 fully saturated rings. The van der Waals surface area contributed by atoms with Gasteiger partial charge in [0.15, 0.2) is 0 Å². The Balaban J connectivity index is 1.50. The molecule has 0 aliphatic carbocycles. The van der Waals surface area contributed by atoms with Crippen LogP contribution in [-0.4, -0.2) is 47.6 Å². The van der Waals surface area contributed by atoms with Gasteiger partial charge in [-0.1, -0.05) is 6.92 Å². The lowest BCUT2D eigenvalue weighted by atomic mass is 9.89. The summed E-state index contributed by atoms with van der Waals surface area (Å²) in [5.74, 6) is 1.96. The smallest absolute Gasteiger partial charge is 0.0101 e. The van der Waals surface area contributed by atoms with E-state index in [9.17, 15) is 0 Å². The molecular weight excluding hydrogens is 232 g/mol. The molecule has 2 atom stereocenters. The summed E-state index contributed by atoms with van der Waals surface area (Å²) in [4.78, 5) is 5.57. The number of likely N-dealkylation sites (tertiary alicyclic amines) is 1. The Kier molecular flexibility index (Phi) is 4.19. The van der Waals surface area contributed by atoms with E-state index in [0.717, 1.165) is 30.0 Å². The molecule has 3 aliphatic rings. The van der Waals surface area contributed by atoms with Crippen molar-refractivity contribution in [3.63, 3.8) is 0 Å². The van der Waals surface area contributed by atoms with Crippen LogP contribution in [0.3, 0.4) is 0 Å². The summed E-state index contributed by atoms with van der Waals surface area (Å²) in [5.41, 5.74) is 0. The van der Waals surface area contributed by atoms with Crippen molar-refractivity contribution in [2.45, 2.75) is 77.4 Å². The lowest BCUT2D eigenvalue weighted by Gasteiger charge is -2.42. The van der Waals surface area contributed by atoms with E-state index in [-0.39, 0.29) is 0 Å². The maximum absolute atomic E-state index is 2.91. The summed E-state index contributed by atoms with van der Waals surface area (Å²) in [5, 5.41) is 0. The molecule has 0 aromatic carbocycles. The highest BCUT2D eigenvalue weighted by Gasteiger charge is 2.40. The lowest BCUT2D eigenvalue weighted by molar-refractivity contribution is 0.0649. The normalized spacial score (nSPS) is 38.2. The third kappa shape index (κ3) is 3.00. The summed E-state index contributed by atoms with van der Waals surface area (Å²) in [6.45, 7) is 11.2. The SMILES string of the molecule is CC1CC2CCC(C1)N2CC1CCN(C(C)C)CC1. The van der Waals surface area contributed by atoms with Gasteiger partial charge in [0.25, 0.3) is 0 Å². The highest BCUT2D eigenvalue weighted by atomic mass is 15.2. The van der Waals surface area contributed by atoms with E-state index in [4.69, 9.17) is 0 Å². The highest BCUT2D eigenvalue weighted by molar-refractivity contribution is 4.95. The minimum Gasteiger partial charge on any atom is -0.301 e. The third-order valence-electron chi connectivity index (χ3n) is 5.97. The van der Waals surface area contributed by atoms with Crippen molar-refractivity contribution in [1.29, 1.82) is 0 Å². The van der Waals surface area contributed by atoms with Crippen molar-refractivity contribution in [1.82, 2.24) is 9.80 Å². The van der Waals surface area contributed by atoms with Crippen molar-refractivity contribution in [3.05, 3.63) is 0 Å². The monoisotopic (exact) mass is 264 g/mol. The molecule has 3 rings (SSSR count). The van der Waals surface area contributed by atoms with Crippen LogP contribution in [0.25, 0.3) is 0 Å². The molecule has 3 heterocycles. The number of piperidine rings is 2. The molecule has 0 radical (unpaired) electrons. The highest BCUT2D eigenvalue weighted by Crippen LogP contribution is 2.39. The zero-order valence-electron chi connectivity index (χ0n) is 13.1. The number of fused-ring (bicyclic) bond motifs is 2. The fourth-order valence-corrected chi connectivity index (χ4v) is 4.79. The molecule has 3 aliphatic heterocycles. The summed E-state index contributed by atoms with van der Waals surface area (Å²) >= 11 is 0. The van der Waals surface area contributed by atoms with Gasteiger partial charge in [0, 0.05) is 24.7 Å². The van der Waals surface area contributed by atoms with E-state index < -0.39 is 0 Å². The molecule has 2 nitrogen and oxygen atoms in total. The first-order chi connectivity index (χ1) is 9.13. The Morgan fingerprint density at radius 3 is 2.05 bits per heavy atom. The van der Waals surface area contributed by atoms with Crippen LogP contribution in [0.5, 0.6) is 0 Å². The molecule has 0 saturated carbocycles. The van der Waals surface area contributed by atoms with Crippen LogP contribution in [0, 0.1) is 11.8 Å². The second kappa shape index (κ2) is 5.73. The molecule has 0 spiro atoms. The topological polar surface area (TPSA) is 6.48 Å². The van der Waals surface area contributed by atoms with E-state index in [1.165, 1.54) is 58.2 Å². The van der Waals surface area contributed by atoms with Crippen molar-refractivity contribution in [2.75, 3.05) is 19.6 Å². The predicted molar refractivity (Wildman–Crippen MR) is 81.3 cm³/mol. The molecule has 0 aromatic heterocycles. The maximum atomic E-state index is 2.91. The first kappa shape index (κ1) is 13.9. The number of nitrogens with zero attached hydrogens (tertiary/aromatic N) is 2. The fourth-order valence-electron chi connectivity index (χ4n) is 4.79. The molecule has 19 heavy (non-hydrogen) atoms. The van der Waals surface area contributed by atoms with E-state index in [1.807, 2.05) is 0 Å². The largest absolute Gasteiger partial charge is 0.301 e. The average Bonchev–Trinajstić information content (AvgIpc) is 2.62. The van der Waals surface area contributed by atoms with Gasteiger partial charge in [0.05, 0.1) is 0 Å². The fraction of sp³-hybridized carbons (Fsp3) is 1.00. The van der Waals surface area contributed by atoms with Gasteiger partial charge in [-0.05, 0) is 77.3 Å². The molecule has 2 bridgehead atoms. The Morgan fingerprint density at radius 1 is 0.947 bits per heavy atom. The van der Waals surface area contributed by atoms with Crippen LogP contribution in [0.1, 0.15) is 59.3 Å². The standard InChI is InChI=1S/C17H32N2/c1-13(2)18-8-6-15(7-9-18)12-19-16-4-5-17(19)11-14(3)10-16/h13-17H,4-12H2,1-3H3. The van der Waals surface area contributed by atoms with Gasteiger partial charge in [-0.15, -0.1) is 0 Å². The van der Waals surface area contributed by atoms with E-state index in [1.54, 1.807) is 0 Å². The Bertz CT molecular complexity index is 280. The van der Waals surface area contributed by atoms with Crippen LogP contribution in [-0.2, 0) is 0 Å². The van der Waals surface area contributed by atoms with E-state index in [2.05, 4.69) is 30.6 Å². The van der Waals surface area contributed by atoms with Gasteiger partial charge < -0.3 is 4.90 Å². The molecule has 2 heteroatoms. The van der Waals surface area contributed by atoms with Gasteiger partial charge in [0.2, 0.25) is 0 Å². The molecule has 110 valence electrons. The average molecular weight is 264 g/mol. The van der Waals surface area contributed by atoms with Crippen molar-refractivity contribution >= 4 is 0 Å². The second-order valence-corrected chi connectivity index (χ2v) is 7.73. The zero-order valence-corrected chi connectivity index (χ0v) is 13.1. The second-order valence-electron chi connectivity index (χ2n) is 7.73. The number of rotatable bonds is 3. The van der Waals surface area contributed by atoms with Crippen molar-refractivity contribution in [3.8, 4) is 0 Å². The summed E-state index contributed by atoms with van der Waals surface area (Å²) < 4.78 is 0. The maximum Gasteiger partial charge on any atom is 0.0101 e. The van der Waals surface area contributed by atoms with Crippen molar-refractivity contribution in [2.24, 2.45) is 11.8 Å². The Hall–Kier alpha value is -0.0800. The molecular formula is C17H32N2. The minimum absolute atomic E-state index is 0.743. The summed E-state index contributed by atoms with van der Waals surface area (Å²) in [6, 6.07) is 2.63. The van der Waals surface area contributed by atoms with E-state index in [0.29, 0.717) is 0 Å². The van der Waals surface area contributed by atoms with Crippen molar-refractivity contribution < 1.29 is 0 Å². The minimum atomic E-state index is 0.743. The van der Waals surface area contributed by atoms with E-state index >= 15 is 0 Å². The quantitative estimate of drug-likeness (QED) is 0.771. The predicted octanol–water partition coefficient (Wildman–Crippen LogP) is 3.37. The number of hydrogen-bond donors (Lipinski definition) is 0. The summed E-state index contributed by atoms with van der Waals surface area (Å²) in [6.07, 6.45) is 8.79. The Morgan fingerprint density at radius 2 is 1.53 bits per heavy atom. The van der Waals surface area contributed by atoms with Crippen LogP contribution < -0.4 is 0 Å². The first-order valence-electron chi connectivity index (χ1n) is 8.63. The lowest BCUT2D eigenvalue weighted by Crippen LogP contribution is -2.47. The molecule has 3 saturated heterocycles. The van der Waals surface area contributed by atoms with Gasteiger partial charge in [0.1, 0.15) is 0 Å². The van der Waals surface area contributed by atoms with Crippen LogP contribution in [0.2, 0.25) is 0 Å². The van der Waals surface area contributed by atoms with Gasteiger partial charge in [-0.3, -0.25) is 4.90 Å². The third-order valence-corrected chi connectivity index (χ3v) is 5.97.